The minimum atomic E-state index is -0.519. The molecule has 0 aromatic heterocycles. The van der Waals surface area contributed by atoms with Crippen molar-refractivity contribution in [2.75, 3.05) is 0 Å². The van der Waals surface area contributed by atoms with Gasteiger partial charge in [0.15, 0.2) is 0 Å². The van der Waals surface area contributed by atoms with Gasteiger partial charge in [0.2, 0.25) is 10.2 Å². The van der Waals surface area contributed by atoms with Gasteiger partial charge in [0.25, 0.3) is 0 Å². The summed E-state index contributed by atoms with van der Waals surface area (Å²) in [5, 5.41) is 0.183. The summed E-state index contributed by atoms with van der Waals surface area (Å²) in [4.78, 5) is 22.2. The molecule has 0 amide bonds. The molecule has 0 aromatic rings. The molecule has 54 valence electrons. The van der Waals surface area contributed by atoms with Gasteiger partial charge in [-0.2, -0.15) is 0 Å². The maximum absolute atomic E-state index is 11.1. The lowest BCUT2D eigenvalue weighted by Crippen LogP contribution is -2.38. The Morgan fingerprint density at radius 1 is 1.10 bits per heavy atom. The molecule has 1 spiro atoms. The van der Waals surface area contributed by atoms with Gasteiger partial charge >= 0.3 is 0 Å². The number of hydrogen-bond acceptors (Lipinski definition) is 4. The highest BCUT2D eigenvalue weighted by Gasteiger charge is 2.55. The van der Waals surface area contributed by atoms with Crippen LogP contribution in [-0.2, 0) is 9.59 Å². The summed E-state index contributed by atoms with van der Waals surface area (Å²) in [6.45, 7) is 0. The SMILES string of the molecule is O=C1SSC(=O)C12CCC2. The standard InChI is InChI=1S/C6H6O2S2/c7-4-6(2-1-3-6)5(8)10-9-4/h1-3H2. The van der Waals surface area contributed by atoms with Crippen LogP contribution in [0.5, 0.6) is 0 Å². The summed E-state index contributed by atoms with van der Waals surface area (Å²) in [6, 6.07) is 0. The number of carbonyl (C=O) groups excluding carboxylic acids is 2. The monoisotopic (exact) mass is 174 g/mol. The Morgan fingerprint density at radius 3 is 1.80 bits per heavy atom. The molecule has 2 fully saturated rings. The van der Waals surface area contributed by atoms with Crippen molar-refractivity contribution in [2.45, 2.75) is 19.3 Å². The number of hydrogen-bond donors (Lipinski definition) is 0. The van der Waals surface area contributed by atoms with Crippen molar-refractivity contribution >= 4 is 31.8 Å². The maximum atomic E-state index is 11.1. The zero-order valence-electron chi connectivity index (χ0n) is 5.25. The first-order valence-corrected chi connectivity index (χ1v) is 5.34. The molecule has 0 radical (unpaired) electrons. The lowest BCUT2D eigenvalue weighted by molar-refractivity contribution is -0.134. The van der Waals surface area contributed by atoms with E-state index in [1.54, 1.807) is 0 Å². The smallest absolute Gasteiger partial charge is 0.214 e. The van der Waals surface area contributed by atoms with E-state index in [0.29, 0.717) is 0 Å². The van der Waals surface area contributed by atoms with Gasteiger partial charge in [-0.25, -0.2) is 0 Å². The summed E-state index contributed by atoms with van der Waals surface area (Å²) in [7, 11) is 2.23. The van der Waals surface area contributed by atoms with Crippen molar-refractivity contribution in [2.24, 2.45) is 5.41 Å². The van der Waals surface area contributed by atoms with Crippen LogP contribution in [0.3, 0.4) is 0 Å². The summed E-state index contributed by atoms with van der Waals surface area (Å²) in [5.41, 5.74) is -0.519. The second kappa shape index (κ2) is 2.01. The van der Waals surface area contributed by atoms with Crippen molar-refractivity contribution in [3.8, 4) is 0 Å². The lowest BCUT2D eigenvalue weighted by Gasteiger charge is -2.32. The van der Waals surface area contributed by atoms with Crippen LogP contribution in [-0.4, -0.2) is 10.2 Å². The molecular formula is C6H6O2S2. The first kappa shape index (κ1) is 6.73. The normalized spacial score (nSPS) is 29.2. The summed E-state index contributed by atoms with van der Waals surface area (Å²) >= 11 is 0. The Balaban J connectivity index is 2.31. The fourth-order valence-corrected chi connectivity index (χ4v) is 3.80. The summed E-state index contributed by atoms with van der Waals surface area (Å²) < 4.78 is 0. The second-order valence-electron chi connectivity index (χ2n) is 2.68. The van der Waals surface area contributed by atoms with Gasteiger partial charge in [-0.05, 0) is 34.4 Å². The molecule has 0 N–H and O–H groups in total. The van der Waals surface area contributed by atoms with E-state index in [1.807, 2.05) is 0 Å². The van der Waals surface area contributed by atoms with Crippen LogP contribution >= 0.6 is 21.6 Å². The molecule has 1 aliphatic heterocycles. The van der Waals surface area contributed by atoms with Crippen LogP contribution < -0.4 is 0 Å². The highest BCUT2D eigenvalue weighted by Crippen LogP contribution is 2.56. The van der Waals surface area contributed by atoms with Crippen molar-refractivity contribution in [1.29, 1.82) is 0 Å². The maximum Gasteiger partial charge on any atom is 0.214 e. The first-order valence-electron chi connectivity index (χ1n) is 3.19. The molecule has 2 nitrogen and oxygen atoms in total. The van der Waals surface area contributed by atoms with Gasteiger partial charge in [-0.15, -0.1) is 0 Å². The second-order valence-corrected chi connectivity index (χ2v) is 4.75. The molecule has 0 aromatic carbocycles. The fourth-order valence-electron chi connectivity index (χ4n) is 1.26. The van der Waals surface area contributed by atoms with Gasteiger partial charge in [0.1, 0.15) is 5.41 Å². The lowest BCUT2D eigenvalue weighted by atomic mass is 9.71. The Morgan fingerprint density at radius 2 is 1.60 bits per heavy atom. The van der Waals surface area contributed by atoms with Gasteiger partial charge < -0.3 is 0 Å². The molecule has 2 rings (SSSR count). The average Bonchev–Trinajstić information content (AvgIpc) is 2.06. The van der Waals surface area contributed by atoms with E-state index in [2.05, 4.69) is 0 Å². The van der Waals surface area contributed by atoms with Crippen LogP contribution in [0.4, 0.5) is 0 Å². The van der Waals surface area contributed by atoms with E-state index in [-0.39, 0.29) is 10.2 Å². The quantitative estimate of drug-likeness (QED) is 0.412. The third-order valence-electron chi connectivity index (χ3n) is 2.18. The zero-order chi connectivity index (χ0) is 7.19. The van der Waals surface area contributed by atoms with Gasteiger partial charge in [0, 0.05) is 0 Å². The summed E-state index contributed by atoms with van der Waals surface area (Å²) in [6.07, 6.45) is 2.63. The van der Waals surface area contributed by atoms with Crippen molar-refractivity contribution in [3.05, 3.63) is 0 Å². The van der Waals surface area contributed by atoms with Crippen molar-refractivity contribution in [1.82, 2.24) is 0 Å². The molecule has 1 saturated carbocycles. The predicted octanol–water partition coefficient (Wildman–Crippen LogP) is 1.60. The molecule has 1 aliphatic carbocycles. The Labute approximate surface area is 66.5 Å². The van der Waals surface area contributed by atoms with E-state index < -0.39 is 5.41 Å². The minimum absolute atomic E-state index is 0.0914. The summed E-state index contributed by atoms with van der Waals surface area (Å²) in [5.74, 6) is 0. The van der Waals surface area contributed by atoms with Crippen LogP contribution in [0.2, 0.25) is 0 Å². The van der Waals surface area contributed by atoms with Crippen molar-refractivity contribution < 1.29 is 9.59 Å². The van der Waals surface area contributed by atoms with E-state index >= 15 is 0 Å². The van der Waals surface area contributed by atoms with E-state index in [0.717, 1.165) is 40.9 Å². The molecule has 1 heterocycles. The minimum Gasteiger partial charge on any atom is -0.285 e. The highest BCUT2D eigenvalue weighted by atomic mass is 33.1. The highest BCUT2D eigenvalue weighted by molar-refractivity contribution is 8.88. The first-order chi connectivity index (χ1) is 4.76. The van der Waals surface area contributed by atoms with E-state index in [4.69, 9.17) is 0 Å². The van der Waals surface area contributed by atoms with Crippen LogP contribution in [0.1, 0.15) is 19.3 Å². The Bertz CT molecular complexity index is 190. The molecule has 0 unspecified atom stereocenters. The van der Waals surface area contributed by atoms with Crippen LogP contribution in [0, 0.1) is 5.41 Å². The molecule has 0 atom stereocenters. The van der Waals surface area contributed by atoms with E-state index in [9.17, 15) is 9.59 Å². The molecule has 0 bridgehead atoms. The largest absolute Gasteiger partial charge is 0.285 e. The van der Waals surface area contributed by atoms with E-state index in [1.165, 1.54) is 0 Å². The number of rotatable bonds is 0. The van der Waals surface area contributed by atoms with Crippen molar-refractivity contribution in [3.63, 3.8) is 0 Å². The van der Waals surface area contributed by atoms with Gasteiger partial charge in [-0.1, -0.05) is 6.42 Å². The third kappa shape index (κ3) is 0.636. The van der Waals surface area contributed by atoms with Crippen LogP contribution in [0.15, 0.2) is 0 Å². The zero-order valence-corrected chi connectivity index (χ0v) is 6.89. The molecule has 10 heavy (non-hydrogen) atoms. The predicted molar refractivity (Wildman–Crippen MR) is 41.5 cm³/mol. The van der Waals surface area contributed by atoms with Gasteiger partial charge in [-0.3, -0.25) is 9.59 Å². The third-order valence-corrected chi connectivity index (χ3v) is 4.51. The fraction of sp³-hybridized carbons (Fsp3) is 0.667. The van der Waals surface area contributed by atoms with Gasteiger partial charge in [0.05, 0.1) is 0 Å². The average molecular weight is 174 g/mol. The Hall–Kier alpha value is 0.0400. The molecule has 2 aliphatic rings. The topological polar surface area (TPSA) is 34.1 Å². The molecular weight excluding hydrogens is 168 g/mol. The molecule has 1 saturated heterocycles. The Kier molecular flexibility index (Phi) is 1.35. The van der Waals surface area contributed by atoms with Crippen LogP contribution in [0.25, 0.3) is 0 Å². The number of carbonyl (C=O) groups is 2. The molecule has 4 heteroatoms.